The van der Waals surface area contributed by atoms with Crippen LogP contribution in [0, 0.1) is 0 Å². The van der Waals surface area contributed by atoms with Gasteiger partial charge in [-0.15, -0.1) is 0 Å². The quantitative estimate of drug-likeness (QED) is 0.487. The summed E-state index contributed by atoms with van der Waals surface area (Å²) >= 11 is 0. The van der Waals surface area contributed by atoms with Crippen LogP contribution in [0.3, 0.4) is 0 Å². The van der Waals surface area contributed by atoms with Gasteiger partial charge in [0.05, 0.1) is 6.20 Å². The van der Waals surface area contributed by atoms with E-state index < -0.39 is 0 Å². The number of fused-ring (bicyclic) bond motifs is 1. The lowest BCUT2D eigenvalue weighted by atomic mass is 10.3. The molecule has 10 heteroatoms. The fourth-order valence-electron chi connectivity index (χ4n) is 3.10. The number of pyridine rings is 1. The Kier molecular flexibility index (Phi) is 6.36. The van der Waals surface area contributed by atoms with Crippen molar-refractivity contribution < 1.29 is 4.79 Å². The standard InChI is InChI=1S/C20H28N8O2/c1-6-26(7-2)25-19(29)14-12-22-28-17(21-5)11-16(24-18(14)28)23-15-9-8-10-27(13(3)4)20(15)30/h8-13,21H,6-7H2,1-5H3,(H,23,24)(H,25,29). The van der Waals surface area contributed by atoms with Crippen molar-refractivity contribution in [2.45, 2.75) is 33.7 Å². The number of carbonyl (C=O) groups excluding carboxylic acids is 1. The van der Waals surface area contributed by atoms with Gasteiger partial charge >= 0.3 is 0 Å². The highest BCUT2D eigenvalue weighted by atomic mass is 16.2. The zero-order chi connectivity index (χ0) is 21.8. The summed E-state index contributed by atoms with van der Waals surface area (Å²) in [4.78, 5) is 30.0. The molecule has 10 nitrogen and oxygen atoms in total. The number of aromatic nitrogens is 4. The van der Waals surface area contributed by atoms with Gasteiger partial charge in [-0.1, -0.05) is 13.8 Å². The number of anilines is 3. The Bertz CT molecular complexity index is 1100. The molecule has 0 bridgehead atoms. The largest absolute Gasteiger partial charge is 0.373 e. The molecular formula is C20H28N8O2. The Morgan fingerprint density at radius 2 is 2.00 bits per heavy atom. The summed E-state index contributed by atoms with van der Waals surface area (Å²) in [6, 6.07) is 5.28. The number of carbonyl (C=O) groups is 1. The highest BCUT2D eigenvalue weighted by molar-refractivity contribution is 5.99. The first-order chi connectivity index (χ1) is 14.4. The molecule has 0 spiro atoms. The Hall–Kier alpha value is -3.40. The molecule has 3 N–H and O–H groups in total. The Morgan fingerprint density at radius 3 is 2.63 bits per heavy atom. The van der Waals surface area contributed by atoms with E-state index in [1.165, 1.54) is 6.20 Å². The third-order valence-corrected chi connectivity index (χ3v) is 4.79. The van der Waals surface area contributed by atoms with Gasteiger partial charge in [-0.05, 0) is 26.0 Å². The van der Waals surface area contributed by atoms with Crippen LogP contribution >= 0.6 is 0 Å². The SMILES string of the molecule is CCN(CC)NC(=O)c1cnn2c(NC)cc(Nc3cccn(C(C)C)c3=O)nc12. The fraction of sp³-hybridized carbons (Fsp3) is 0.400. The van der Waals surface area contributed by atoms with E-state index in [0.29, 0.717) is 41.6 Å². The van der Waals surface area contributed by atoms with E-state index in [1.54, 1.807) is 39.5 Å². The molecule has 0 fully saturated rings. The van der Waals surface area contributed by atoms with Crippen molar-refractivity contribution in [1.82, 2.24) is 29.6 Å². The summed E-state index contributed by atoms with van der Waals surface area (Å²) in [6.45, 7) is 9.18. The lowest BCUT2D eigenvalue weighted by Crippen LogP contribution is -2.41. The third kappa shape index (κ3) is 4.13. The van der Waals surface area contributed by atoms with Gasteiger partial charge in [0.1, 0.15) is 22.9 Å². The summed E-state index contributed by atoms with van der Waals surface area (Å²) in [5.74, 6) is 0.773. The van der Waals surface area contributed by atoms with Crippen LogP contribution in [0.2, 0.25) is 0 Å². The van der Waals surface area contributed by atoms with Crippen molar-refractivity contribution in [3.8, 4) is 0 Å². The number of hydrazine groups is 1. The van der Waals surface area contributed by atoms with Crippen LogP contribution < -0.4 is 21.6 Å². The lowest BCUT2D eigenvalue weighted by Gasteiger charge is -2.18. The van der Waals surface area contributed by atoms with E-state index in [2.05, 4.69) is 26.1 Å². The Labute approximate surface area is 174 Å². The first kappa shape index (κ1) is 21.3. The first-order valence-corrected chi connectivity index (χ1v) is 10.00. The number of nitrogens with one attached hydrogen (secondary N) is 3. The molecule has 0 radical (unpaired) electrons. The molecule has 0 atom stereocenters. The molecule has 0 unspecified atom stereocenters. The summed E-state index contributed by atoms with van der Waals surface area (Å²) in [5, 5.41) is 12.2. The monoisotopic (exact) mass is 412 g/mol. The van der Waals surface area contributed by atoms with Crippen LogP contribution in [0.4, 0.5) is 17.3 Å². The molecule has 1 amide bonds. The zero-order valence-corrected chi connectivity index (χ0v) is 17.9. The smallest absolute Gasteiger partial charge is 0.274 e. The molecule has 160 valence electrons. The van der Waals surface area contributed by atoms with Crippen molar-refractivity contribution >= 4 is 28.9 Å². The van der Waals surface area contributed by atoms with Crippen LogP contribution in [0.1, 0.15) is 44.1 Å². The second-order valence-electron chi connectivity index (χ2n) is 7.04. The normalized spacial score (nSPS) is 11.3. The molecule has 0 aliphatic heterocycles. The minimum atomic E-state index is -0.290. The van der Waals surface area contributed by atoms with Crippen molar-refractivity contribution in [2.75, 3.05) is 30.8 Å². The summed E-state index contributed by atoms with van der Waals surface area (Å²) in [5.41, 5.74) is 3.84. The molecular weight excluding hydrogens is 384 g/mol. The van der Waals surface area contributed by atoms with E-state index in [-0.39, 0.29) is 17.5 Å². The number of hydrogen-bond acceptors (Lipinski definition) is 7. The van der Waals surface area contributed by atoms with Crippen LogP contribution in [-0.2, 0) is 0 Å². The number of rotatable bonds is 8. The molecule has 3 rings (SSSR count). The van der Waals surface area contributed by atoms with Crippen molar-refractivity contribution in [2.24, 2.45) is 0 Å². The van der Waals surface area contributed by atoms with Gasteiger partial charge in [0, 0.05) is 38.4 Å². The van der Waals surface area contributed by atoms with E-state index in [9.17, 15) is 9.59 Å². The van der Waals surface area contributed by atoms with Crippen molar-refractivity contribution in [3.05, 3.63) is 46.5 Å². The van der Waals surface area contributed by atoms with E-state index in [0.717, 1.165) is 0 Å². The molecule has 0 aliphatic carbocycles. The predicted molar refractivity (Wildman–Crippen MR) is 117 cm³/mol. The average molecular weight is 412 g/mol. The van der Waals surface area contributed by atoms with Crippen LogP contribution in [0.15, 0.2) is 35.4 Å². The highest BCUT2D eigenvalue weighted by Gasteiger charge is 2.19. The van der Waals surface area contributed by atoms with E-state index >= 15 is 0 Å². The number of hydrogen-bond donors (Lipinski definition) is 3. The highest BCUT2D eigenvalue weighted by Crippen LogP contribution is 2.21. The summed E-state index contributed by atoms with van der Waals surface area (Å²) in [7, 11) is 1.75. The first-order valence-electron chi connectivity index (χ1n) is 10.00. The van der Waals surface area contributed by atoms with Crippen LogP contribution in [0.25, 0.3) is 5.65 Å². The van der Waals surface area contributed by atoms with Gasteiger partial charge in [-0.2, -0.15) is 9.61 Å². The fourth-order valence-corrected chi connectivity index (χ4v) is 3.10. The molecule has 0 saturated heterocycles. The molecule has 3 heterocycles. The van der Waals surface area contributed by atoms with Crippen molar-refractivity contribution in [3.63, 3.8) is 0 Å². The van der Waals surface area contributed by atoms with E-state index in [4.69, 9.17) is 0 Å². The minimum absolute atomic E-state index is 0.0350. The van der Waals surface area contributed by atoms with Gasteiger partial charge < -0.3 is 15.2 Å². The molecule has 0 aliphatic rings. The third-order valence-electron chi connectivity index (χ3n) is 4.79. The summed E-state index contributed by atoms with van der Waals surface area (Å²) in [6.07, 6.45) is 3.24. The maximum absolute atomic E-state index is 12.8. The maximum atomic E-state index is 12.8. The molecule has 3 aromatic heterocycles. The van der Waals surface area contributed by atoms with Gasteiger partial charge in [0.15, 0.2) is 5.65 Å². The second kappa shape index (κ2) is 8.95. The molecule has 0 saturated carbocycles. The maximum Gasteiger partial charge on any atom is 0.274 e. The summed E-state index contributed by atoms with van der Waals surface area (Å²) < 4.78 is 3.20. The van der Waals surface area contributed by atoms with Gasteiger partial charge in [-0.3, -0.25) is 15.0 Å². The second-order valence-corrected chi connectivity index (χ2v) is 7.04. The minimum Gasteiger partial charge on any atom is -0.373 e. The van der Waals surface area contributed by atoms with Crippen LogP contribution in [0.5, 0.6) is 0 Å². The Balaban J connectivity index is 2.02. The average Bonchev–Trinajstić information content (AvgIpc) is 3.16. The van der Waals surface area contributed by atoms with E-state index in [1.807, 2.05) is 33.8 Å². The number of nitrogens with zero attached hydrogens (tertiary/aromatic N) is 5. The van der Waals surface area contributed by atoms with Gasteiger partial charge in [0.2, 0.25) is 0 Å². The lowest BCUT2D eigenvalue weighted by molar-refractivity contribution is 0.0807. The predicted octanol–water partition coefficient (Wildman–Crippen LogP) is 2.24. The van der Waals surface area contributed by atoms with Gasteiger partial charge in [-0.25, -0.2) is 9.99 Å². The Morgan fingerprint density at radius 1 is 1.27 bits per heavy atom. The van der Waals surface area contributed by atoms with Gasteiger partial charge in [0.25, 0.3) is 11.5 Å². The topological polar surface area (TPSA) is 109 Å². The zero-order valence-electron chi connectivity index (χ0n) is 17.9. The van der Waals surface area contributed by atoms with Crippen LogP contribution in [-0.4, -0.2) is 50.2 Å². The molecule has 30 heavy (non-hydrogen) atoms. The molecule has 0 aromatic carbocycles. The van der Waals surface area contributed by atoms with Crippen molar-refractivity contribution in [1.29, 1.82) is 0 Å². The number of amides is 1. The molecule has 3 aromatic rings.